The van der Waals surface area contributed by atoms with E-state index >= 15 is 0 Å². The maximum Gasteiger partial charge on any atom is 0.408 e. The first-order valence-corrected chi connectivity index (χ1v) is 14.6. The average molecular weight is 612 g/mol. The van der Waals surface area contributed by atoms with E-state index in [1.165, 1.54) is 0 Å². The number of carbonyl (C=O) groups excluding carboxylic acids is 3. The minimum absolute atomic E-state index is 0.0153. The molecule has 0 saturated heterocycles. The molecular weight excluding hydrogens is 574 g/mol. The zero-order valence-electron chi connectivity index (χ0n) is 24.8. The molecule has 4 aromatic rings. The van der Waals surface area contributed by atoms with Gasteiger partial charge in [0.25, 0.3) is 0 Å². The van der Waals surface area contributed by atoms with Crippen molar-refractivity contribution in [3.63, 3.8) is 0 Å². The molecule has 0 radical (unpaired) electrons. The molecule has 11 heteroatoms. The highest BCUT2D eigenvalue weighted by Gasteiger charge is 2.21. The van der Waals surface area contributed by atoms with E-state index in [1.54, 1.807) is 54.6 Å². The molecule has 11 nitrogen and oxygen atoms in total. The Balaban J connectivity index is 1.22. The molecule has 0 unspecified atom stereocenters. The minimum atomic E-state index is -0.772. The van der Waals surface area contributed by atoms with E-state index in [0.29, 0.717) is 42.0 Å². The number of esters is 1. The number of rotatable bonds is 15. The summed E-state index contributed by atoms with van der Waals surface area (Å²) in [5, 5.41) is 14.7. The molecule has 0 aliphatic rings. The summed E-state index contributed by atoms with van der Waals surface area (Å²) in [6.07, 6.45) is 1.14. The van der Waals surface area contributed by atoms with Gasteiger partial charge in [-0.05, 0) is 84.6 Å². The quantitative estimate of drug-likeness (QED) is 0.0435. The highest BCUT2D eigenvalue weighted by Crippen LogP contribution is 2.23. The maximum absolute atomic E-state index is 12.8. The Morgan fingerprint density at radius 1 is 0.822 bits per heavy atom. The second kappa shape index (κ2) is 16.4. The van der Waals surface area contributed by atoms with Crippen LogP contribution in [-0.4, -0.2) is 49.5 Å². The van der Waals surface area contributed by atoms with Crippen LogP contribution < -0.4 is 31.6 Å². The third-order valence-corrected chi connectivity index (χ3v) is 6.86. The molecule has 1 atom stereocenters. The molecule has 4 rings (SSSR count). The molecule has 0 spiro atoms. The molecule has 0 saturated carbocycles. The molecule has 234 valence electrons. The summed E-state index contributed by atoms with van der Waals surface area (Å²) in [4.78, 5) is 37.8. The van der Waals surface area contributed by atoms with E-state index in [2.05, 4.69) is 10.6 Å². The second-order valence-corrected chi connectivity index (χ2v) is 10.2. The van der Waals surface area contributed by atoms with E-state index in [0.717, 1.165) is 22.8 Å². The van der Waals surface area contributed by atoms with E-state index in [-0.39, 0.29) is 31.5 Å². The van der Waals surface area contributed by atoms with Crippen LogP contribution in [0.5, 0.6) is 11.5 Å². The van der Waals surface area contributed by atoms with Gasteiger partial charge in [0, 0.05) is 5.56 Å². The van der Waals surface area contributed by atoms with Gasteiger partial charge in [-0.25, -0.2) is 9.59 Å². The van der Waals surface area contributed by atoms with Crippen LogP contribution in [0.25, 0.3) is 10.8 Å². The van der Waals surface area contributed by atoms with Crippen molar-refractivity contribution in [1.82, 2.24) is 10.6 Å². The number of benzene rings is 4. The van der Waals surface area contributed by atoms with Gasteiger partial charge >= 0.3 is 12.1 Å². The number of nitrogens with one attached hydrogen (secondary N) is 3. The fraction of sp³-hybridized carbons (Fsp3) is 0.235. The van der Waals surface area contributed by atoms with Crippen LogP contribution in [0.15, 0.2) is 91.0 Å². The Morgan fingerprint density at radius 3 is 2.24 bits per heavy atom. The lowest BCUT2D eigenvalue weighted by Gasteiger charge is -2.18. The third kappa shape index (κ3) is 10.1. The summed E-state index contributed by atoms with van der Waals surface area (Å²) >= 11 is 0. The van der Waals surface area contributed by atoms with Gasteiger partial charge in [0.05, 0.1) is 12.1 Å². The van der Waals surface area contributed by atoms with Crippen molar-refractivity contribution in [2.45, 2.75) is 31.9 Å². The summed E-state index contributed by atoms with van der Waals surface area (Å²) in [6, 6.07) is 25.6. The number of carbonyl (C=O) groups is 3. The summed E-state index contributed by atoms with van der Waals surface area (Å²) in [6.45, 7) is 0.963. The zero-order valence-corrected chi connectivity index (χ0v) is 24.8. The van der Waals surface area contributed by atoms with Crippen molar-refractivity contribution in [1.29, 1.82) is 5.41 Å². The van der Waals surface area contributed by atoms with E-state index in [1.807, 2.05) is 36.4 Å². The van der Waals surface area contributed by atoms with Crippen molar-refractivity contribution in [3.8, 4) is 11.5 Å². The van der Waals surface area contributed by atoms with Gasteiger partial charge in [-0.1, -0.05) is 48.5 Å². The van der Waals surface area contributed by atoms with Gasteiger partial charge < -0.3 is 36.3 Å². The first-order chi connectivity index (χ1) is 21.8. The van der Waals surface area contributed by atoms with Gasteiger partial charge in [0.2, 0.25) is 5.91 Å². The summed E-state index contributed by atoms with van der Waals surface area (Å²) in [7, 11) is 0. The Bertz CT molecular complexity index is 1610. The van der Waals surface area contributed by atoms with Crippen molar-refractivity contribution in [2.75, 3.05) is 19.7 Å². The smallest absolute Gasteiger partial charge is 0.408 e. The molecule has 4 aromatic carbocycles. The van der Waals surface area contributed by atoms with Crippen LogP contribution in [0.4, 0.5) is 4.79 Å². The molecule has 0 heterocycles. The average Bonchev–Trinajstić information content (AvgIpc) is 3.05. The van der Waals surface area contributed by atoms with Gasteiger partial charge in [-0.15, -0.1) is 0 Å². The van der Waals surface area contributed by atoms with E-state index < -0.39 is 18.1 Å². The monoisotopic (exact) mass is 611 g/mol. The first-order valence-electron chi connectivity index (χ1n) is 14.6. The van der Waals surface area contributed by atoms with Crippen LogP contribution in [-0.2, 0) is 16.1 Å². The normalized spacial score (nSPS) is 11.3. The Kier molecular flexibility index (Phi) is 11.9. The number of nitrogen functional groups attached to an aromatic ring is 1. The van der Waals surface area contributed by atoms with Crippen LogP contribution in [0.1, 0.15) is 40.7 Å². The highest BCUT2D eigenvalue weighted by atomic mass is 16.5. The van der Waals surface area contributed by atoms with Crippen LogP contribution in [0.3, 0.4) is 0 Å². The van der Waals surface area contributed by atoms with Gasteiger partial charge in [0.1, 0.15) is 36.6 Å². The maximum atomic E-state index is 12.8. The summed E-state index contributed by atoms with van der Waals surface area (Å²) < 4.78 is 16.5. The SMILES string of the molecule is N=C(N)c1ccc2cc(OC(=O)c3ccc(OCCNC(=O)[C@H](CCCCN)NC(=O)OCc4ccccc4)cc3)ccc2c1. The Morgan fingerprint density at radius 2 is 1.51 bits per heavy atom. The van der Waals surface area contributed by atoms with Crippen LogP contribution in [0, 0.1) is 5.41 Å². The van der Waals surface area contributed by atoms with Crippen molar-refractivity contribution in [2.24, 2.45) is 11.5 Å². The number of unbranched alkanes of at least 4 members (excludes halogenated alkanes) is 1. The molecule has 45 heavy (non-hydrogen) atoms. The molecular formula is C34H37N5O6. The molecule has 7 N–H and O–H groups in total. The predicted molar refractivity (Wildman–Crippen MR) is 171 cm³/mol. The number of alkyl carbamates (subject to hydrolysis) is 1. The lowest BCUT2D eigenvalue weighted by atomic mass is 10.1. The predicted octanol–water partition coefficient (Wildman–Crippen LogP) is 4.26. The molecule has 2 amide bonds. The number of nitrogens with two attached hydrogens (primary N) is 2. The fourth-order valence-electron chi connectivity index (χ4n) is 4.44. The number of amides is 2. The zero-order chi connectivity index (χ0) is 32.0. The lowest BCUT2D eigenvalue weighted by Crippen LogP contribution is -2.47. The van der Waals surface area contributed by atoms with E-state index in [4.69, 9.17) is 31.1 Å². The largest absolute Gasteiger partial charge is 0.492 e. The van der Waals surface area contributed by atoms with Crippen LogP contribution in [0.2, 0.25) is 0 Å². The first kappa shape index (κ1) is 32.5. The van der Waals surface area contributed by atoms with Crippen molar-refractivity contribution in [3.05, 3.63) is 108 Å². The Labute approximate surface area is 261 Å². The number of ether oxygens (including phenoxy) is 3. The van der Waals surface area contributed by atoms with Gasteiger partial charge in [-0.3, -0.25) is 10.2 Å². The Hall–Kier alpha value is -5.42. The van der Waals surface area contributed by atoms with E-state index in [9.17, 15) is 14.4 Å². The standard InChI is InChI=1S/C34H37N5O6/c35-17-5-4-8-30(39-34(42)44-22-23-6-2-1-3-7-23)32(40)38-18-19-43-28-14-11-24(12-15-28)33(41)45-29-16-13-25-20-27(31(36)37)10-9-26(25)21-29/h1-3,6-7,9-16,20-21,30H,4-5,8,17-19,22,35H2,(H3,36,37)(H,38,40)(H,39,42)/t30-/m0/s1. The number of hydrogen-bond donors (Lipinski definition) is 5. The minimum Gasteiger partial charge on any atom is -0.492 e. The summed E-state index contributed by atoms with van der Waals surface area (Å²) in [5.74, 6) is 0.00943. The number of hydrogen-bond acceptors (Lipinski definition) is 8. The van der Waals surface area contributed by atoms with Gasteiger partial charge in [0.15, 0.2) is 0 Å². The van der Waals surface area contributed by atoms with Crippen molar-refractivity contribution < 1.29 is 28.6 Å². The molecule has 0 aliphatic heterocycles. The molecule has 0 bridgehead atoms. The molecule has 0 aliphatic carbocycles. The molecule has 0 aromatic heterocycles. The summed E-state index contributed by atoms with van der Waals surface area (Å²) in [5.41, 5.74) is 12.9. The molecule has 0 fully saturated rings. The second-order valence-electron chi connectivity index (χ2n) is 10.2. The lowest BCUT2D eigenvalue weighted by molar-refractivity contribution is -0.123. The number of fused-ring (bicyclic) bond motifs is 1. The van der Waals surface area contributed by atoms with Crippen LogP contribution >= 0.6 is 0 Å². The fourth-order valence-corrected chi connectivity index (χ4v) is 4.44. The van der Waals surface area contributed by atoms with Crippen molar-refractivity contribution >= 4 is 34.6 Å². The number of amidine groups is 1. The highest BCUT2D eigenvalue weighted by molar-refractivity contribution is 5.99. The topological polar surface area (TPSA) is 179 Å². The van der Waals surface area contributed by atoms with Gasteiger partial charge in [-0.2, -0.15) is 0 Å². The third-order valence-electron chi connectivity index (χ3n) is 6.86.